The Morgan fingerprint density at radius 1 is 1.57 bits per heavy atom. The monoisotopic (exact) mass is 199 g/mol. The van der Waals surface area contributed by atoms with Gasteiger partial charge in [-0.3, -0.25) is 0 Å². The van der Waals surface area contributed by atoms with Crippen LogP contribution in [-0.4, -0.2) is 37.1 Å². The van der Waals surface area contributed by atoms with Gasteiger partial charge in [0.2, 0.25) is 0 Å². The van der Waals surface area contributed by atoms with Crippen molar-refractivity contribution >= 4 is 6.03 Å². The van der Waals surface area contributed by atoms with Crippen LogP contribution in [0.4, 0.5) is 4.79 Å². The molecule has 0 aromatic heterocycles. The highest BCUT2D eigenvalue weighted by atomic mass is 16.2. The summed E-state index contributed by atoms with van der Waals surface area (Å²) in [6.45, 7) is 3.48. The molecule has 0 spiro atoms. The Balaban J connectivity index is 2.17. The third-order valence-electron chi connectivity index (χ3n) is 2.94. The Morgan fingerprint density at radius 2 is 2.29 bits per heavy atom. The van der Waals surface area contributed by atoms with E-state index in [9.17, 15) is 4.79 Å². The van der Waals surface area contributed by atoms with Gasteiger partial charge >= 0.3 is 6.03 Å². The van der Waals surface area contributed by atoms with Crippen LogP contribution in [0.15, 0.2) is 0 Å². The second-order valence-corrected chi connectivity index (χ2v) is 4.14. The fraction of sp³-hybridized carbons (Fsp3) is 0.900. The van der Waals surface area contributed by atoms with Crippen molar-refractivity contribution in [1.82, 2.24) is 10.2 Å². The number of nitrogens with one attached hydrogen (secondary N) is 1. The minimum Gasteiger partial charge on any atom is -0.338 e. The molecule has 0 aliphatic heterocycles. The third kappa shape index (κ3) is 3.18. The van der Waals surface area contributed by atoms with Crippen LogP contribution in [0, 0.1) is 5.92 Å². The van der Waals surface area contributed by atoms with E-state index in [4.69, 9.17) is 5.73 Å². The molecule has 4 heteroatoms. The number of nitrogens with zero attached hydrogens (tertiary/aromatic N) is 1. The van der Waals surface area contributed by atoms with Gasteiger partial charge < -0.3 is 16.0 Å². The average molecular weight is 199 g/mol. The van der Waals surface area contributed by atoms with Crippen LogP contribution < -0.4 is 11.1 Å². The molecule has 1 rings (SSSR count). The van der Waals surface area contributed by atoms with Crippen LogP contribution >= 0.6 is 0 Å². The van der Waals surface area contributed by atoms with Gasteiger partial charge in [-0.1, -0.05) is 0 Å². The molecule has 14 heavy (non-hydrogen) atoms. The van der Waals surface area contributed by atoms with Crippen LogP contribution in [0.2, 0.25) is 0 Å². The number of carbonyl (C=O) groups is 1. The number of amides is 2. The van der Waals surface area contributed by atoms with E-state index >= 15 is 0 Å². The molecule has 1 aliphatic carbocycles. The first-order chi connectivity index (χ1) is 6.63. The van der Waals surface area contributed by atoms with Gasteiger partial charge in [0, 0.05) is 26.2 Å². The number of urea groups is 1. The molecule has 0 saturated heterocycles. The van der Waals surface area contributed by atoms with Gasteiger partial charge in [-0.2, -0.15) is 0 Å². The van der Waals surface area contributed by atoms with E-state index in [-0.39, 0.29) is 6.03 Å². The second-order valence-electron chi connectivity index (χ2n) is 4.14. The van der Waals surface area contributed by atoms with E-state index in [0.29, 0.717) is 12.0 Å². The summed E-state index contributed by atoms with van der Waals surface area (Å²) in [5.41, 5.74) is 5.79. The zero-order valence-electron chi connectivity index (χ0n) is 9.12. The summed E-state index contributed by atoms with van der Waals surface area (Å²) in [4.78, 5) is 13.1. The van der Waals surface area contributed by atoms with Crippen molar-refractivity contribution in [2.75, 3.05) is 20.1 Å². The maximum absolute atomic E-state index is 11.4. The van der Waals surface area contributed by atoms with Crippen LogP contribution in [0.1, 0.15) is 26.2 Å². The van der Waals surface area contributed by atoms with Gasteiger partial charge in [0.05, 0.1) is 0 Å². The Morgan fingerprint density at radius 3 is 2.79 bits per heavy atom. The molecule has 0 heterocycles. The van der Waals surface area contributed by atoms with Gasteiger partial charge in [-0.05, 0) is 32.1 Å². The number of nitrogens with two attached hydrogens (primary N) is 1. The summed E-state index contributed by atoms with van der Waals surface area (Å²) in [5, 5.41) is 2.93. The lowest BCUT2D eigenvalue weighted by molar-refractivity contribution is 0.209. The highest BCUT2D eigenvalue weighted by Crippen LogP contribution is 2.23. The molecule has 0 bridgehead atoms. The largest absolute Gasteiger partial charge is 0.338 e. The number of rotatable bonds is 3. The molecule has 1 fully saturated rings. The molecule has 4 nitrogen and oxygen atoms in total. The molecular weight excluding hydrogens is 178 g/mol. The Hall–Kier alpha value is -0.770. The van der Waals surface area contributed by atoms with Crippen LogP contribution in [0.5, 0.6) is 0 Å². The second kappa shape index (κ2) is 5.20. The van der Waals surface area contributed by atoms with Crippen molar-refractivity contribution < 1.29 is 4.79 Å². The Bertz CT molecular complexity index is 196. The summed E-state index contributed by atoms with van der Waals surface area (Å²) in [5.74, 6) is 0.583. The highest BCUT2D eigenvalue weighted by Gasteiger charge is 2.22. The standard InChI is InChI=1S/C10H21N3O/c1-3-13(2)10(14)12-7-8-4-5-9(11)6-8/h8-9H,3-7,11H2,1-2H3,(H,12,14). The van der Waals surface area contributed by atoms with E-state index in [0.717, 1.165) is 32.4 Å². The van der Waals surface area contributed by atoms with Crippen molar-refractivity contribution in [3.63, 3.8) is 0 Å². The van der Waals surface area contributed by atoms with E-state index in [1.807, 2.05) is 6.92 Å². The van der Waals surface area contributed by atoms with Gasteiger partial charge in [0.1, 0.15) is 0 Å². The van der Waals surface area contributed by atoms with E-state index < -0.39 is 0 Å². The van der Waals surface area contributed by atoms with E-state index in [1.165, 1.54) is 0 Å². The van der Waals surface area contributed by atoms with E-state index in [2.05, 4.69) is 5.32 Å². The number of carbonyl (C=O) groups excluding carboxylic acids is 1. The minimum absolute atomic E-state index is 0.0213. The fourth-order valence-electron chi connectivity index (χ4n) is 1.81. The maximum Gasteiger partial charge on any atom is 0.317 e. The highest BCUT2D eigenvalue weighted by molar-refractivity contribution is 5.73. The van der Waals surface area contributed by atoms with Crippen LogP contribution in [-0.2, 0) is 0 Å². The lowest BCUT2D eigenvalue weighted by Crippen LogP contribution is -2.39. The molecule has 2 amide bonds. The van der Waals surface area contributed by atoms with Gasteiger partial charge in [0.15, 0.2) is 0 Å². The molecule has 0 aromatic carbocycles. The fourth-order valence-corrected chi connectivity index (χ4v) is 1.81. The van der Waals surface area contributed by atoms with Crippen molar-refractivity contribution in [2.24, 2.45) is 11.7 Å². The summed E-state index contributed by atoms with van der Waals surface area (Å²) >= 11 is 0. The molecule has 1 aliphatic rings. The summed E-state index contributed by atoms with van der Waals surface area (Å²) in [6, 6.07) is 0.369. The summed E-state index contributed by atoms with van der Waals surface area (Å²) in [6.07, 6.45) is 3.30. The zero-order chi connectivity index (χ0) is 10.6. The zero-order valence-corrected chi connectivity index (χ0v) is 9.12. The molecular formula is C10H21N3O. The van der Waals surface area contributed by atoms with Gasteiger partial charge in [-0.15, -0.1) is 0 Å². The molecule has 3 N–H and O–H groups in total. The lowest BCUT2D eigenvalue weighted by Gasteiger charge is -2.17. The van der Waals surface area contributed by atoms with Crippen LogP contribution in [0.25, 0.3) is 0 Å². The first-order valence-electron chi connectivity index (χ1n) is 5.38. The van der Waals surface area contributed by atoms with Crippen molar-refractivity contribution in [2.45, 2.75) is 32.2 Å². The third-order valence-corrected chi connectivity index (χ3v) is 2.94. The first kappa shape index (κ1) is 11.3. The molecule has 2 unspecified atom stereocenters. The normalized spacial score (nSPS) is 26.2. The summed E-state index contributed by atoms with van der Waals surface area (Å²) < 4.78 is 0. The predicted molar refractivity (Wildman–Crippen MR) is 57.0 cm³/mol. The van der Waals surface area contributed by atoms with Gasteiger partial charge in [-0.25, -0.2) is 4.79 Å². The molecule has 2 atom stereocenters. The molecule has 0 aromatic rings. The topological polar surface area (TPSA) is 58.4 Å². The molecule has 82 valence electrons. The number of hydrogen-bond donors (Lipinski definition) is 2. The summed E-state index contributed by atoms with van der Waals surface area (Å²) in [7, 11) is 1.80. The lowest BCUT2D eigenvalue weighted by atomic mass is 10.1. The van der Waals surface area contributed by atoms with Crippen molar-refractivity contribution in [3.05, 3.63) is 0 Å². The van der Waals surface area contributed by atoms with E-state index in [1.54, 1.807) is 11.9 Å². The predicted octanol–water partition coefficient (Wildman–Crippen LogP) is 0.775. The minimum atomic E-state index is 0.0213. The SMILES string of the molecule is CCN(C)C(=O)NCC1CCC(N)C1. The smallest absolute Gasteiger partial charge is 0.317 e. The average Bonchev–Trinajstić information content (AvgIpc) is 2.59. The first-order valence-corrected chi connectivity index (χ1v) is 5.38. The molecule has 1 saturated carbocycles. The van der Waals surface area contributed by atoms with Crippen LogP contribution in [0.3, 0.4) is 0 Å². The number of hydrogen-bond acceptors (Lipinski definition) is 2. The van der Waals surface area contributed by atoms with Crippen molar-refractivity contribution in [1.29, 1.82) is 0 Å². The Kier molecular flexibility index (Phi) is 4.20. The maximum atomic E-state index is 11.4. The quantitative estimate of drug-likeness (QED) is 0.705. The van der Waals surface area contributed by atoms with Gasteiger partial charge in [0.25, 0.3) is 0 Å². The Labute approximate surface area is 85.8 Å². The van der Waals surface area contributed by atoms with Crippen molar-refractivity contribution in [3.8, 4) is 0 Å². The molecule has 0 radical (unpaired) electrons.